The molecule has 0 radical (unpaired) electrons. The van der Waals surface area contributed by atoms with Crippen LogP contribution in [-0.2, 0) is 9.53 Å². The van der Waals surface area contributed by atoms with Crippen LogP contribution in [0.15, 0.2) is 0 Å². The first-order valence-electron chi connectivity index (χ1n) is 7.68. The molecule has 0 aromatic rings. The normalized spacial score (nSPS) is 27.5. The maximum Gasteiger partial charge on any atom is 0.307 e. The third-order valence-electron chi connectivity index (χ3n) is 4.48. The number of esters is 1. The lowest BCUT2D eigenvalue weighted by atomic mass is 9.76. The minimum Gasteiger partial charge on any atom is -0.466 e. The Hall–Kier alpha value is -0.610. The topological polar surface area (TPSA) is 55.6 Å². The number of carbonyl (C=O) groups excluding carboxylic acids is 1. The molecular weight excluding hydrogens is 240 g/mol. The third kappa shape index (κ3) is 5.11. The van der Waals surface area contributed by atoms with Gasteiger partial charge < -0.3 is 15.4 Å². The fourth-order valence-electron chi connectivity index (χ4n) is 3.15. The monoisotopic (exact) mass is 270 g/mol. The SMILES string of the molecule is CCOC(=O)CCN(C)C1CC(CC)CCC1CN. The summed E-state index contributed by atoms with van der Waals surface area (Å²) in [6.07, 6.45) is 5.48. The van der Waals surface area contributed by atoms with Crippen LogP contribution in [-0.4, -0.2) is 43.7 Å². The van der Waals surface area contributed by atoms with Gasteiger partial charge in [0, 0.05) is 12.6 Å². The van der Waals surface area contributed by atoms with E-state index in [4.69, 9.17) is 10.5 Å². The number of carbonyl (C=O) groups is 1. The quantitative estimate of drug-likeness (QED) is 0.719. The van der Waals surface area contributed by atoms with Gasteiger partial charge in [0.1, 0.15) is 0 Å². The predicted molar refractivity (Wildman–Crippen MR) is 77.8 cm³/mol. The van der Waals surface area contributed by atoms with Crippen LogP contribution >= 0.6 is 0 Å². The molecule has 1 aliphatic rings. The van der Waals surface area contributed by atoms with E-state index in [9.17, 15) is 4.79 Å². The van der Waals surface area contributed by atoms with Crippen molar-refractivity contribution >= 4 is 5.97 Å². The molecule has 1 rings (SSSR count). The molecule has 3 unspecified atom stereocenters. The van der Waals surface area contributed by atoms with Crippen LogP contribution in [0.2, 0.25) is 0 Å². The van der Waals surface area contributed by atoms with Gasteiger partial charge in [-0.25, -0.2) is 0 Å². The lowest BCUT2D eigenvalue weighted by Gasteiger charge is -2.40. The third-order valence-corrected chi connectivity index (χ3v) is 4.48. The highest BCUT2D eigenvalue weighted by atomic mass is 16.5. The van der Waals surface area contributed by atoms with E-state index < -0.39 is 0 Å². The zero-order valence-electron chi connectivity index (χ0n) is 12.7. The molecule has 112 valence electrons. The number of hydrogen-bond acceptors (Lipinski definition) is 4. The van der Waals surface area contributed by atoms with Crippen LogP contribution in [0.5, 0.6) is 0 Å². The molecule has 0 aromatic carbocycles. The molecule has 19 heavy (non-hydrogen) atoms. The summed E-state index contributed by atoms with van der Waals surface area (Å²) in [4.78, 5) is 13.7. The Morgan fingerprint density at radius 2 is 2.11 bits per heavy atom. The maximum atomic E-state index is 11.4. The summed E-state index contributed by atoms with van der Waals surface area (Å²) >= 11 is 0. The van der Waals surface area contributed by atoms with Crippen molar-refractivity contribution in [3.63, 3.8) is 0 Å². The van der Waals surface area contributed by atoms with Gasteiger partial charge in [0.05, 0.1) is 13.0 Å². The molecule has 0 aromatic heterocycles. The lowest BCUT2D eigenvalue weighted by Crippen LogP contribution is -2.45. The van der Waals surface area contributed by atoms with Gasteiger partial charge >= 0.3 is 5.97 Å². The van der Waals surface area contributed by atoms with Crippen molar-refractivity contribution in [1.82, 2.24) is 4.90 Å². The molecule has 0 spiro atoms. The van der Waals surface area contributed by atoms with Crippen LogP contribution in [0.1, 0.15) is 46.0 Å². The summed E-state index contributed by atoms with van der Waals surface area (Å²) in [7, 11) is 2.12. The molecule has 0 bridgehead atoms. The summed E-state index contributed by atoms with van der Waals surface area (Å²) in [5, 5.41) is 0. The van der Waals surface area contributed by atoms with Gasteiger partial charge in [-0.3, -0.25) is 4.79 Å². The first-order valence-corrected chi connectivity index (χ1v) is 7.68. The van der Waals surface area contributed by atoms with Gasteiger partial charge in [0.2, 0.25) is 0 Å². The van der Waals surface area contributed by atoms with Crippen molar-refractivity contribution in [3.05, 3.63) is 0 Å². The summed E-state index contributed by atoms with van der Waals surface area (Å²) in [6, 6.07) is 0.526. The van der Waals surface area contributed by atoms with Crippen LogP contribution in [0.25, 0.3) is 0 Å². The van der Waals surface area contributed by atoms with E-state index in [0.29, 0.717) is 25.0 Å². The highest BCUT2D eigenvalue weighted by Gasteiger charge is 2.31. The van der Waals surface area contributed by atoms with Gasteiger partial charge in [-0.05, 0) is 45.2 Å². The van der Waals surface area contributed by atoms with Crippen molar-refractivity contribution in [2.75, 3.05) is 26.7 Å². The second-order valence-corrected chi connectivity index (χ2v) is 5.69. The summed E-state index contributed by atoms with van der Waals surface area (Å²) in [5.41, 5.74) is 5.90. The van der Waals surface area contributed by atoms with E-state index in [1.807, 2.05) is 6.92 Å². The summed E-state index contributed by atoms with van der Waals surface area (Å²) in [5.74, 6) is 1.30. The zero-order valence-corrected chi connectivity index (χ0v) is 12.7. The van der Waals surface area contributed by atoms with Crippen LogP contribution < -0.4 is 5.73 Å². The summed E-state index contributed by atoms with van der Waals surface area (Å²) < 4.78 is 4.98. The van der Waals surface area contributed by atoms with Crippen LogP contribution in [0.3, 0.4) is 0 Å². The molecule has 3 atom stereocenters. The van der Waals surface area contributed by atoms with Gasteiger partial charge in [0.15, 0.2) is 0 Å². The average molecular weight is 270 g/mol. The van der Waals surface area contributed by atoms with Crippen LogP contribution in [0.4, 0.5) is 0 Å². The Balaban J connectivity index is 2.46. The number of nitrogens with two attached hydrogens (primary N) is 1. The number of nitrogens with zero attached hydrogens (tertiary/aromatic N) is 1. The van der Waals surface area contributed by atoms with Crippen molar-refractivity contribution in [2.45, 2.75) is 52.0 Å². The maximum absolute atomic E-state index is 11.4. The largest absolute Gasteiger partial charge is 0.466 e. The number of rotatable bonds is 7. The molecule has 1 saturated carbocycles. The Morgan fingerprint density at radius 1 is 1.37 bits per heavy atom. The molecular formula is C15H30N2O2. The van der Waals surface area contributed by atoms with Crippen molar-refractivity contribution in [1.29, 1.82) is 0 Å². The van der Waals surface area contributed by atoms with Gasteiger partial charge in [-0.1, -0.05) is 19.8 Å². The first kappa shape index (κ1) is 16.4. The summed E-state index contributed by atoms with van der Waals surface area (Å²) in [6.45, 7) is 6.11. The minimum absolute atomic E-state index is 0.0958. The molecule has 0 saturated heterocycles. The fraction of sp³-hybridized carbons (Fsp3) is 0.933. The van der Waals surface area contributed by atoms with E-state index in [1.54, 1.807) is 0 Å². The minimum atomic E-state index is -0.0958. The van der Waals surface area contributed by atoms with Crippen LogP contribution in [0, 0.1) is 11.8 Å². The average Bonchev–Trinajstić information content (AvgIpc) is 2.44. The Bertz CT molecular complexity index is 271. The highest BCUT2D eigenvalue weighted by Crippen LogP contribution is 2.33. The molecule has 4 heteroatoms. The molecule has 4 nitrogen and oxygen atoms in total. The standard InChI is InChI=1S/C15H30N2O2/c1-4-12-6-7-13(11-16)14(10-12)17(3)9-8-15(18)19-5-2/h12-14H,4-11,16H2,1-3H3. The van der Waals surface area contributed by atoms with E-state index in [-0.39, 0.29) is 5.97 Å². The van der Waals surface area contributed by atoms with Crippen molar-refractivity contribution in [2.24, 2.45) is 17.6 Å². The second kappa shape index (κ2) is 8.54. The first-order chi connectivity index (χ1) is 9.12. The number of ether oxygens (including phenoxy) is 1. The second-order valence-electron chi connectivity index (χ2n) is 5.69. The zero-order chi connectivity index (χ0) is 14.3. The lowest BCUT2D eigenvalue weighted by molar-refractivity contribution is -0.143. The molecule has 0 aliphatic heterocycles. The Morgan fingerprint density at radius 3 is 2.68 bits per heavy atom. The fourth-order valence-corrected chi connectivity index (χ4v) is 3.15. The Labute approximate surface area is 117 Å². The van der Waals surface area contributed by atoms with Gasteiger partial charge in [0.25, 0.3) is 0 Å². The van der Waals surface area contributed by atoms with E-state index >= 15 is 0 Å². The molecule has 0 amide bonds. The Kier molecular flexibility index (Phi) is 7.39. The number of hydrogen-bond donors (Lipinski definition) is 1. The molecule has 2 N–H and O–H groups in total. The smallest absolute Gasteiger partial charge is 0.307 e. The molecule has 1 fully saturated rings. The van der Waals surface area contributed by atoms with E-state index in [1.165, 1.54) is 25.7 Å². The van der Waals surface area contributed by atoms with Gasteiger partial charge in [-0.2, -0.15) is 0 Å². The van der Waals surface area contributed by atoms with Crippen molar-refractivity contribution < 1.29 is 9.53 Å². The van der Waals surface area contributed by atoms with E-state index in [2.05, 4.69) is 18.9 Å². The van der Waals surface area contributed by atoms with E-state index in [0.717, 1.165) is 19.0 Å². The molecule has 0 heterocycles. The molecule has 1 aliphatic carbocycles. The van der Waals surface area contributed by atoms with Crippen molar-refractivity contribution in [3.8, 4) is 0 Å². The highest BCUT2D eigenvalue weighted by molar-refractivity contribution is 5.69. The van der Waals surface area contributed by atoms with Gasteiger partial charge in [-0.15, -0.1) is 0 Å². The predicted octanol–water partition coefficient (Wildman–Crippen LogP) is 2.02.